The molecule has 100 valence electrons. The van der Waals surface area contributed by atoms with Crippen LogP contribution in [-0.2, 0) is 0 Å². The molecule has 0 bridgehead atoms. The summed E-state index contributed by atoms with van der Waals surface area (Å²) in [6.07, 6.45) is 1.33. The molecule has 0 atom stereocenters. The van der Waals surface area contributed by atoms with E-state index in [0.29, 0.717) is 23.0 Å². The van der Waals surface area contributed by atoms with Gasteiger partial charge in [0.2, 0.25) is 5.88 Å². The maximum Gasteiger partial charge on any atom is 0.256 e. The van der Waals surface area contributed by atoms with E-state index in [2.05, 4.69) is 19.9 Å². The monoisotopic (exact) mass is 261 g/mol. The molecule has 0 saturated carbocycles. The van der Waals surface area contributed by atoms with Crippen molar-refractivity contribution in [3.63, 3.8) is 0 Å². The molecule has 3 N–H and O–H groups in total. The van der Waals surface area contributed by atoms with Crippen molar-refractivity contribution in [2.75, 3.05) is 12.8 Å². The lowest BCUT2D eigenvalue weighted by Crippen LogP contribution is -2.19. The first-order valence-corrected chi connectivity index (χ1v) is 5.79. The molecule has 7 nitrogen and oxygen atoms in total. The minimum atomic E-state index is -0.255. The third-order valence-electron chi connectivity index (χ3n) is 2.66. The lowest BCUT2D eigenvalue weighted by molar-refractivity contribution is 0.397. The van der Waals surface area contributed by atoms with E-state index < -0.39 is 0 Å². The van der Waals surface area contributed by atoms with E-state index >= 15 is 0 Å². The third kappa shape index (κ3) is 2.54. The molecule has 2 aromatic rings. The Hall–Kier alpha value is -2.44. The predicted octanol–water partition coefficient (Wildman–Crippen LogP) is 0.941. The molecule has 7 heteroatoms. The van der Waals surface area contributed by atoms with Gasteiger partial charge in [-0.3, -0.25) is 4.79 Å². The van der Waals surface area contributed by atoms with Gasteiger partial charge in [-0.25, -0.2) is 15.0 Å². The molecule has 0 spiro atoms. The summed E-state index contributed by atoms with van der Waals surface area (Å²) < 4.78 is 5.00. The number of aromatic amines is 1. The molecule has 0 aromatic carbocycles. The van der Waals surface area contributed by atoms with Crippen LogP contribution in [0.25, 0.3) is 11.5 Å². The van der Waals surface area contributed by atoms with Gasteiger partial charge in [-0.2, -0.15) is 0 Å². The second kappa shape index (κ2) is 5.05. The van der Waals surface area contributed by atoms with Crippen LogP contribution in [-0.4, -0.2) is 27.0 Å². The molecular weight excluding hydrogens is 246 g/mol. The summed E-state index contributed by atoms with van der Waals surface area (Å²) in [5.41, 5.74) is 6.50. The Balaban J connectivity index is 2.55. The minimum Gasteiger partial charge on any atom is -0.481 e. The van der Waals surface area contributed by atoms with Gasteiger partial charge in [-0.15, -0.1) is 0 Å². The first-order chi connectivity index (χ1) is 9.02. The topological polar surface area (TPSA) is 107 Å². The van der Waals surface area contributed by atoms with Gasteiger partial charge in [0.05, 0.1) is 12.7 Å². The van der Waals surface area contributed by atoms with Gasteiger partial charge < -0.3 is 15.5 Å². The van der Waals surface area contributed by atoms with Crippen molar-refractivity contribution in [2.24, 2.45) is 0 Å². The molecular formula is C12H15N5O2. The number of hydrogen-bond acceptors (Lipinski definition) is 6. The van der Waals surface area contributed by atoms with Crippen molar-refractivity contribution in [1.82, 2.24) is 19.9 Å². The van der Waals surface area contributed by atoms with Gasteiger partial charge in [0.1, 0.15) is 17.8 Å². The van der Waals surface area contributed by atoms with Crippen LogP contribution in [0.4, 0.5) is 5.82 Å². The van der Waals surface area contributed by atoms with Crippen molar-refractivity contribution in [1.29, 1.82) is 0 Å². The zero-order valence-corrected chi connectivity index (χ0v) is 11.0. The molecule has 0 saturated heterocycles. The van der Waals surface area contributed by atoms with Gasteiger partial charge in [0.25, 0.3) is 5.56 Å². The van der Waals surface area contributed by atoms with Crippen LogP contribution in [0.2, 0.25) is 0 Å². The summed E-state index contributed by atoms with van der Waals surface area (Å²) in [6.45, 7) is 3.77. The van der Waals surface area contributed by atoms with Gasteiger partial charge in [0.15, 0.2) is 5.82 Å². The number of hydrogen-bond donors (Lipinski definition) is 2. The zero-order valence-electron chi connectivity index (χ0n) is 11.0. The van der Waals surface area contributed by atoms with E-state index in [-0.39, 0.29) is 17.3 Å². The van der Waals surface area contributed by atoms with Crippen LogP contribution >= 0.6 is 0 Å². The SMILES string of the molecule is COc1cc(-c2nc(N)c(C(C)C)c(=O)[nH]2)ncn1. The molecule has 0 amide bonds. The summed E-state index contributed by atoms with van der Waals surface area (Å²) in [5.74, 6) is 0.906. The predicted molar refractivity (Wildman–Crippen MR) is 70.9 cm³/mol. The van der Waals surface area contributed by atoms with E-state index in [0.717, 1.165) is 0 Å². The number of nitrogens with zero attached hydrogens (tertiary/aromatic N) is 3. The molecule has 2 rings (SSSR count). The molecule has 0 fully saturated rings. The van der Waals surface area contributed by atoms with Crippen molar-refractivity contribution in [3.05, 3.63) is 28.3 Å². The quantitative estimate of drug-likeness (QED) is 0.851. The molecule has 19 heavy (non-hydrogen) atoms. The Morgan fingerprint density at radius 1 is 1.37 bits per heavy atom. The fraction of sp³-hybridized carbons (Fsp3) is 0.333. The fourth-order valence-corrected chi connectivity index (χ4v) is 1.76. The molecule has 0 aliphatic carbocycles. The third-order valence-corrected chi connectivity index (χ3v) is 2.66. The summed E-state index contributed by atoms with van der Waals surface area (Å²) in [6, 6.07) is 1.58. The highest BCUT2D eigenvalue weighted by Crippen LogP contribution is 2.19. The molecule has 0 radical (unpaired) electrons. The number of methoxy groups -OCH3 is 1. The van der Waals surface area contributed by atoms with Gasteiger partial charge in [-0.05, 0) is 5.92 Å². The van der Waals surface area contributed by atoms with E-state index in [1.165, 1.54) is 13.4 Å². The number of nitrogens with two attached hydrogens (primary N) is 1. The Bertz CT molecular complexity index is 651. The van der Waals surface area contributed by atoms with E-state index in [1.54, 1.807) is 6.07 Å². The van der Waals surface area contributed by atoms with E-state index in [4.69, 9.17) is 10.5 Å². The first kappa shape index (κ1) is 13.0. The van der Waals surface area contributed by atoms with E-state index in [9.17, 15) is 4.79 Å². The summed E-state index contributed by atoms with van der Waals surface area (Å²) in [4.78, 5) is 26.8. The summed E-state index contributed by atoms with van der Waals surface area (Å²) >= 11 is 0. The lowest BCUT2D eigenvalue weighted by Gasteiger charge is -2.09. The Kier molecular flexibility index (Phi) is 3.46. The maximum absolute atomic E-state index is 12.0. The molecule has 0 aliphatic heterocycles. The Morgan fingerprint density at radius 3 is 2.68 bits per heavy atom. The van der Waals surface area contributed by atoms with Crippen molar-refractivity contribution in [3.8, 4) is 17.4 Å². The standard InChI is InChI=1S/C12H15N5O2/c1-6(2)9-10(13)16-11(17-12(9)18)7-4-8(19-3)15-5-14-7/h4-6H,1-3H3,(H3,13,16,17,18). The highest BCUT2D eigenvalue weighted by molar-refractivity contribution is 5.54. The van der Waals surface area contributed by atoms with E-state index in [1.807, 2.05) is 13.8 Å². The maximum atomic E-state index is 12.0. The van der Waals surface area contributed by atoms with Gasteiger partial charge in [0, 0.05) is 6.07 Å². The van der Waals surface area contributed by atoms with Gasteiger partial charge >= 0.3 is 0 Å². The van der Waals surface area contributed by atoms with Crippen molar-refractivity contribution >= 4 is 5.82 Å². The number of ether oxygens (including phenoxy) is 1. The van der Waals surface area contributed by atoms with Crippen LogP contribution in [0.3, 0.4) is 0 Å². The first-order valence-electron chi connectivity index (χ1n) is 5.79. The van der Waals surface area contributed by atoms with Crippen LogP contribution in [0.15, 0.2) is 17.2 Å². The minimum absolute atomic E-state index is 0.00485. The number of nitrogen functional groups attached to an aromatic ring is 1. The average Bonchev–Trinajstić information content (AvgIpc) is 2.37. The van der Waals surface area contributed by atoms with Crippen LogP contribution in [0, 0.1) is 0 Å². The molecule has 0 aliphatic rings. The number of rotatable bonds is 3. The van der Waals surface area contributed by atoms with Crippen LogP contribution in [0.1, 0.15) is 25.3 Å². The van der Waals surface area contributed by atoms with Crippen molar-refractivity contribution < 1.29 is 4.74 Å². The number of H-pyrrole nitrogens is 1. The smallest absolute Gasteiger partial charge is 0.256 e. The zero-order chi connectivity index (χ0) is 14.0. The Morgan fingerprint density at radius 2 is 2.11 bits per heavy atom. The fourth-order valence-electron chi connectivity index (χ4n) is 1.76. The largest absolute Gasteiger partial charge is 0.481 e. The lowest BCUT2D eigenvalue weighted by atomic mass is 10.1. The second-order valence-corrected chi connectivity index (χ2v) is 4.31. The van der Waals surface area contributed by atoms with Crippen molar-refractivity contribution in [2.45, 2.75) is 19.8 Å². The summed E-state index contributed by atoms with van der Waals surface area (Å²) in [7, 11) is 1.50. The number of anilines is 1. The molecule has 2 heterocycles. The second-order valence-electron chi connectivity index (χ2n) is 4.31. The highest BCUT2D eigenvalue weighted by atomic mass is 16.5. The Labute approximate surface area is 109 Å². The summed E-state index contributed by atoms with van der Waals surface area (Å²) in [5, 5.41) is 0. The number of aromatic nitrogens is 4. The number of nitrogens with one attached hydrogen (secondary N) is 1. The van der Waals surface area contributed by atoms with Crippen LogP contribution < -0.4 is 16.0 Å². The molecule has 0 unspecified atom stereocenters. The van der Waals surface area contributed by atoms with Gasteiger partial charge in [-0.1, -0.05) is 13.8 Å². The average molecular weight is 261 g/mol. The normalized spacial score (nSPS) is 10.7. The highest BCUT2D eigenvalue weighted by Gasteiger charge is 2.14. The molecule has 2 aromatic heterocycles. The van der Waals surface area contributed by atoms with Crippen LogP contribution in [0.5, 0.6) is 5.88 Å².